The summed E-state index contributed by atoms with van der Waals surface area (Å²) in [5.74, 6) is 1.21. The quantitative estimate of drug-likeness (QED) is 0.770. The summed E-state index contributed by atoms with van der Waals surface area (Å²) < 4.78 is 7.70. The molecule has 6 heteroatoms. The lowest BCUT2D eigenvalue weighted by atomic mass is 9.92. The highest BCUT2D eigenvalue weighted by molar-refractivity contribution is 5.77. The van der Waals surface area contributed by atoms with Crippen LogP contribution in [-0.2, 0) is 16.1 Å². The van der Waals surface area contributed by atoms with Gasteiger partial charge in [0.15, 0.2) is 0 Å². The van der Waals surface area contributed by atoms with Crippen LogP contribution < -0.4 is 0 Å². The number of amides is 1. The number of methoxy groups -OCH3 is 1. The second-order valence-electron chi connectivity index (χ2n) is 6.99. The zero-order chi connectivity index (χ0) is 17.0. The van der Waals surface area contributed by atoms with Crippen LogP contribution in [0.15, 0.2) is 12.4 Å². The van der Waals surface area contributed by atoms with E-state index in [2.05, 4.69) is 28.3 Å². The van der Waals surface area contributed by atoms with Gasteiger partial charge in [-0.05, 0) is 33.2 Å². The number of carbonyl (C=O) groups is 1. The van der Waals surface area contributed by atoms with Crippen molar-refractivity contribution in [2.24, 2.45) is 0 Å². The fourth-order valence-electron chi connectivity index (χ4n) is 3.47. The second-order valence-corrected chi connectivity index (χ2v) is 6.99. The molecule has 6 nitrogen and oxygen atoms in total. The van der Waals surface area contributed by atoms with Gasteiger partial charge in [-0.15, -0.1) is 0 Å². The number of imidazole rings is 1. The molecule has 1 saturated heterocycles. The van der Waals surface area contributed by atoms with E-state index in [0.717, 1.165) is 31.8 Å². The minimum atomic E-state index is -0.218. The smallest absolute Gasteiger partial charge is 0.224 e. The van der Waals surface area contributed by atoms with Gasteiger partial charge in [0, 0.05) is 46.1 Å². The Bertz CT molecular complexity index is 526. The molecule has 1 aromatic heterocycles. The molecule has 0 N–H and O–H groups in total. The minimum absolute atomic E-state index is 0.154. The molecule has 0 aromatic carbocycles. The Morgan fingerprint density at radius 1 is 1.48 bits per heavy atom. The van der Waals surface area contributed by atoms with Gasteiger partial charge in [0.2, 0.25) is 5.91 Å². The van der Waals surface area contributed by atoms with Crippen LogP contribution in [0.25, 0.3) is 0 Å². The molecule has 2 heterocycles. The van der Waals surface area contributed by atoms with Crippen LogP contribution in [0, 0.1) is 0 Å². The van der Waals surface area contributed by atoms with Gasteiger partial charge < -0.3 is 14.2 Å². The van der Waals surface area contributed by atoms with Crippen LogP contribution >= 0.6 is 0 Å². The predicted octanol–water partition coefficient (Wildman–Crippen LogP) is 1.92. The Balaban J connectivity index is 2.20. The molecule has 0 saturated carbocycles. The Hall–Kier alpha value is -1.40. The van der Waals surface area contributed by atoms with Crippen LogP contribution in [-0.4, -0.2) is 65.2 Å². The molecule has 1 amide bonds. The van der Waals surface area contributed by atoms with Gasteiger partial charge in [-0.3, -0.25) is 9.69 Å². The summed E-state index contributed by atoms with van der Waals surface area (Å²) in [6.07, 6.45) is 6.46. The van der Waals surface area contributed by atoms with Crippen molar-refractivity contribution >= 4 is 5.91 Å². The van der Waals surface area contributed by atoms with Crippen molar-refractivity contribution in [3.63, 3.8) is 0 Å². The van der Waals surface area contributed by atoms with Crippen molar-refractivity contribution in [1.82, 2.24) is 19.4 Å². The summed E-state index contributed by atoms with van der Waals surface area (Å²) >= 11 is 0. The van der Waals surface area contributed by atoms with Crippen LogP contribution in [0.2, 0.25) is 0 Å². The van der Waals surface area contributed by atoms with Gasteiger partial charge >= 0.3 is 0 Å². The lowest BCUT2D eigenvalue weighted by Gasteiger charge is -2.38. The highest BCUT2D eigenvalue weighted by atomic mass is 16.5. The predicted molar refractivity (Wildman–Crippen MR) is 90.2 cm³/mol. The minimum Gasteiger partial charge on any atom is -0.383 e. The zero-order valence-electron chi connectivity index (χ0n) is 15.1. The first kappa shape index (κ1) is 17.9. The summed E-state index contributed by atoms with van der Waals surface area (Å²) in [5, 5.41) is 0. The Morgan fingerprint density at radius 3 is 2.83 bits per heavy atom. The first-order valence-electron chi connectivity index (χ1n) is 8.35. The number of aromatic nitrogens is 2. The van der Waals surface area contributed by atoms with Crippen LogP contribution in [0.1, 0.15) is 45.0 Å². The molecule has 23 heavy (non-hydrogen) atoms. The SMILES string of the molecule is COC[C@@]1(CC(=O)N(C)C)CCCN1Cc1nccn1C(C)C. The fraction of sp³-hybridized carbons (Fsp3) is 0.765. The maximum atomic E-state index is 12.3. The van der Waals surface area contributed by atoms with Gasteiger partial charge in [-0.25, -0.2) is 4.98 Å². The van der Waals surface area contributed by atoms with E-state index in [4.69, 9.17) is 4.74 Å². The number of carbonyl (C=O) groups excluding carboxylic acids is 1. The number of hydrogen-bond donors (Lipinski definition) is 0. The van der Waals surface area contributed by atoms with E-state index in [-0.39, 0.29) is 11.4 Å². The highest BCUT2D eigenvalue weighted by Crippen LogP contribution is 2.34. The zero-order valence-corrected chi connectivity index (χ0v) is 15.1. The molecule has 0 aliphatic carbocycles. The van der Waals surface area contributed by atoms with Crippen LogP contribution in [0.5, 0.6) is 0 Å². The van der Waals surface area contributed by atoms with E-state index < -0.39 is 0 Å². The van der Waals surface area contributed by atoms with Crippen LogP contribution in [0.3, 0.4) is 0 Å². The van der Waals surface area contributed by atoms with E-state index in [1.165, 1.54) is 0 Å². The molecular formula is C17H30N4O2. The monoisotopic (exact) mass is 322 g/mol. The Kier molecular flexibility index (Phi) is 5.81. The summed E-state index contributed by atoms with van der Waals surface area (Å²) in [6, 6.07) is 0.385. The fourth-order valence-corrected chi connectivity index (χ4v) is 3.47. The molecule has 1 aliphatic rings. The molecule has 1 aromatic rings. The first-order valence-corrected chi connectivity index (χ1v) is 8.35. The summed E-state index contributed by atoms with van der Waals surface area (Å²) in [4.78, 5) is 20.9. The standard InChI is InChI=1S/C17H30N4O2/c1-14(2)21-10-8-18-15(21)12-20-9-6-7-17(20,13-23-5)11-16(22)19(3)4/h8,10,14H,6-7,9,11-13H2,1-5H3/t17-/m0/s1. The molecule has 1 atom stereocenters. The highest BCUT2D eigenvalue weighted by Gasteiger charge is 2.43. The van der Waals surface area contributed by atoms with Crippen molar-refractivity contribution in [3.05, 3.63) is 18.2 Å². The van der Waals surface area contributed by atoms with Gasteiger partial charge in [0.05, 0.1) is 18.7 Å². The van der Waals surface area contributed by atoms with E-state index >= 15 is 0 Å². The summed E-state index contributed by atoms with van der Waals surface area (Å²) in [6.45, 7) is 6.64. The summed E-state index contributed by atoms with van der Waals surface area (Å²) in [5.41, 5.74) is -0.218. The number of likely N-dealkylation sites (tertiary alicyclic amines) is 1. The maximum absolute atomic E-state index is 12.3. The Labute approximate surface area is 139 Å². The van der Waals surface area contributed by atoms with Crippen molar-refractivity contribution in [1.29, 1.82) is 0 Å². The summed E-state index contributed by atoms with van der Waals surface area (Å²) in [7, 11) is 5.34. The largest absolute Gasteiger partial charge is 0.383 e. The van der Waals surface area contributed by atoms with Crippen molar-refractivity contribution in [2.75, 3.05) is 34.4 Å². The lowest BCUT2D eigenvalue weighted by Crippen LogP contribution is -2.50. The third kappa shape index (κ3) is 3.93. The lowest BCUT2D eigenvalue weighted by molar-refractivity contribution is -0.132. The molecule has 0 spiro atoms. The van der Waals surface area contributed by atoms with Crippen molar-refractivity contribution < 1.29 is 9.53 Å². The number of rotatable bonds is 7. The number of ether oxygens (including phenoxy) is 1. The van der Waals surface area contributed by atoms with Crippen LogP contribution in [0.4, 0.5) is 0 Å². The molecule has 1 aliphatic heterocycles. The molecule has 2 rings (SSSR count). The number of nitrogens with zero attached hydrogens (tertiary/aromatic N) is 4. The van der Waals surface area contributed by atoms with E-state index in [0.29, 0.717) is 19.1 Å². The topological polar surface area (TPSA) is 50.6 Å². The van der Waals surface area contributed by atoms with Gasteiger partial charge in [-0.1, -0.05) is 0 Å². The molecule has 1 fully saturated rings. The van der Waals surface area contributed by atoms with E-state index in [1.807, 2.05) is 26.5 Å². The van der Waals surface area contributed by atoms with Gasteiger partial charge in [0.25, 0.3) is 0 Å². The molecule has 130 valence electrons. The first-order chi connectivity index (χ1) is 10.9. The number of hydrogen-bond acceptors (Lipinski definition) is 4. The average molecular weight is 322 g/mol. The Morgan fingerprint density at radius 2 is 2.22 bits per heavy atom. The van der Waals surface area contributed by atoms with Gasteiger partial charge in [0.1, 0.15) is 5.82 Å². The van der Waals surface area contributed by atoms with E-state index in [1.54, 1.807) is 12.0 Å². The second kappa shape index (κ2) is 7.45. The third-order valence-corrected chi connectivity index (χ3v) is 4.77. The van der Waals surface area contributed by atoms with Crippen molar-refractivity contribution in [2.45, 2.75) is 51.2 Å². The maximum Gasteiger partial charge on any atom is 0.224 e. The molecule has 0 bridgehead atoms. The normalized spacial score (nSPS) is 22.0. The van der Waals surface area contributed by atoms with Crippen molar-refractivity contribution in [3.8, 4) is 0 Å². The molecule has 0 radical (unpaired) electrons. The van der Waals surface area contributed by atoms with E-state index in [9.17, 15) is 4.79 Å². The van der Waals surface area contributed by atoms with Gasteiger partial charge in [-0.2, -0.15) is 0 Å². The molecular weight excluding hydrogens is 292 g/mol. The third-order valence-electron chi connectivity index (χ3n) is 4.77. The average Bonchev–Trinajstić information content (AvgIpc) is 3.08. The molecule has 0 unspecified atom stereocenters.